The van der Waals surface area contributed by atoms with Crippen LogP contribution in [0.5, 0.6) is 11.5 Å². The molecule has 1 aliphatic rings. The average Bonchev–Trinajstić information content (AvgIpc) is 3.49. The van der Waals surface area contributed by atoms with Crippen LogP contribution in [0.25, 0.3) is 10.6 Å². The maximum Gasteiger partial charge on any atom is 0.255 e. The first kappa shape index (κ1) is 20.3. The van der Waals surface area contributed by atoms with E-state index in [9.17, 15) is 4.79 Å². The predicted octanol–water partition coefficient (Wildman–Crippen LogP) is 4.92. The zero-order valence-corrected chi connectivity index (χ0v) is 18.5. The number of benzene rings is 2. The molecule has 0 bridgehead atoms. The molecule has 0 aliphatic carbocycles. The number of aromatic nitrogens is 2. The monoisotopic (exact) mass is 445 g/mol. The lowest BCUT2D eigenvalue weighted by Gasteiger charge is -2.21. The molecule has 32 heavy (non-hydrogen) atoms. The highest BCUT2D eigenvalue weighted by molar-refractivity contribution is 7.13. The summed E-state index contributed by atoms with van der Waals surface area (Å²) in [4.78, 5) is 14.2. The van der Waals surface area contributed by atoms with Crippen molar-refractivity contribution in [1.29, 1.82) is 0 Å². The van der Waals surface area contributed by atoms with Gasteiger partial charge in [-0.15, -0.1) is 11.3 Å². The Morgan fingerprint density at radius 1 is 1.09 bits per heavy atom. The summed E-state index contributed by atoms with van der Waals surface area (Å²) >= 11 is 1.57. The summed E-state index contributed by atoms with van der Waals surface area (Å²) in [5.74, 6) is 1.29. The zero-order valence-electron chi connectivity index (χ0n) is 17.7. The number of ether oxygens (including phenoxy) is 2. The van der Waals surface area contributed by atoms with Gasteiger partial charge in [-0.2, -0.15) is 5.10 Å². The standard InChI is InChI=1S/C25H23N3O3S/c1-17(19-9-10-21-22(14-19)31-12-11-30-21)26-25(29)20-16-28(15-18-6-3-2-4-7-18)27-24(20)23-8-5-13-32-23/h2-10,13-14,16-17H,11-12,15H2,1H3,(H,26,29). The third kappa shape index (κ3) is 4.24. The number of carbonyl (C=O) groups excluding carboxylic acids is 1. The highest BCUT2D eigenvalue weighted by Crippen LogP contribution is 2.33. The van der Waals surface area contributed by atoms with Crippen LogP contribution in [0.2, 0.25) is 0 Å². The minimum atomic E-state index is -0.202. The van der Waals surface area contributed by atoms with E-state index in [-0.39, 0.29) is 11.9 Å². The quantitative estimate of drug-likeness (QED) is 0.457. The first-order chi connectivity index (χ1) is 15.7. The molecule has 2 aromatic carbocycles. The van der Waals surface area contributed by atoms with Crippen molar-refractivity contribution in [2.45, 2.75) is 19.5 Å². The molecule has 6 nitrogen and oxygen atoms in total. The summed E-state index contributed by atoms with van der Waals surface area (Å²) in [5.41, 5.74) is 3.34. The van der Waals surface area contributed by atoms with Crippen LogP contribution in [0.15, 0.2) is 72.2 Å². The smallest absolute Gasteiger partial charge is 0.255 e. The predicted molar refractivity (Wildman–Crippen MR) is 124 cm³/mol. The number of fused-ring (bicyclic) bond motifs is 1. The summed E-state index contributed by atoms with van der Waals surface area (Å²) in [5, 5.41) is 9.84. The number of hydrogen-bond acceptors (Lipinski definition) is 5. The van der Waals surface area contributed by atoms with Gasteiger partial charge in [0.05, 0.1) is 23.0 Å². The molecule has 5 rings (SSSR count). The molecule has 4 aromatic rings. The van der Waals surface area contributed by atoms with Crippen molar-refractivity contribution in [2.75, 3.05) is 13.2 Å². The first-order valence-corrected chi connectivity index (χ1v) is 11.4. The molecule has 0 fully saturated rings. The molecule has 2 aromatic heterocycles. The minimum absolute atomic E-state index is 0.157. The van der Waals surface area contributed by atoms with Crippen LogP contribution in [0.4, 0.5) is 0 Å². The Morgan fingerprint density at radius 3 is 2.69 bits per heavy atom. The second-order valence-electron chi connectivity index (χ2n) is 7.65. The first-order valence-electron chi connectivity index (χ1n) is 10.5. The number of hydrogen-bond donors (Lipinski definition) is 1. The molecule has 7 heteroatoms. The number of nitrogens with zero attached hydrogens (tertiary/aromatic N) is 2. The van der Waals surface area contributed by atoms with Crippen LogP contribution in [-0.4, -0.2) is 28.9 Å². The second kappa shape index (κ2) is 8.88. The Morgan fingerprint density at radius 2 is 1.91 bits per heavy atom. The van der Waals surface area contributed by atoms with Gasteiger partial charge in [0.15, 0.2) is 11.5 Å². The number of rotatable bonds is 6. The Hall–Kier alpha value is -3.58. The van der Waals surface area contributed by atoms with Gasteiger partial charge in [0, 0.05) is 6.20 Å². The lowest BCUT2D eigenvalue weighted by Crippen LogP contribution is -2.27. The van der Waals surface area contributed by atoms with E-state index < -0.39 is 0 Å². The van der Waals surface area contributed by atoms with Crippen LogP contribution in [0, 0.1) is 0 Å². The lowest BCUT2D eigenvalue weighted by atomic mass is 10.1. The fourth-order valence-electron chi connectivity index (χ4n) is 3.72. The SMILES string of the molecule is CC(NC(=O)c1cn(Cc2ccccc2)nc1-c1cccs1)c1ccc2c(c1)OCCO2. The van der Waals surface area contributed by atoms with Gasteiger partial charge in [0.2, 0.25) is 0 Å². The Labute approximate surface area is 190 Å². The molecule has 0 saturated carbocycles. The van der Waals surface area contributed by atoms with Crippen molar-refractivity contribution in [1.82, 2.24) is 15.1 Å². The van der Waals surface area contributed by atoms with E-state index in [1.54, 1.807) is 11.3 Å². The fourth-order valence-corrected chi connectivity index (χ4v) is 4.44. The maximum absolute atomic E-state index is 13.3. The van der Waals surface area contributed by atoms with E-state index >= 15 is 0 Å². The van der Waals surface area contributed by atoms with Crippen molar-refractivity contribution < 1.29 is 14.3 Å². The highest BCUT2D eigenvalue weighted by atomic mass is 32.1. The van der Waals surface area contributed by atoms with E-state index in [1.807, 2.05) is 71.7 Å². The molecule has 162 valence electrons. The van der Waals surface area contributed by atoms with Crippen molar-refractivity contribution in [3.05, 3.63) is 88.9 Å². The second-order valence-corrected chi connectivity index (χ2v) is 8.60. The van der Waals surface area contributed by atoms with Crippen molar-refractivity contribution in [3.63, 3.8) is 0 Å². The normalized spacial score (nSPS) is 13.5. The number of carbonyl (C=O) groups is 1. The molecule has 1 atom stereocenters. The van der Waals surface area contributed by atoms with Crippen LogP contribution < -0.4 is 14.8 Å². The largest absolute Gasteiger partial charge is 0.486 e. The third-order valence-corrected chi connectivity index (χ3v) is 6.24. The van der Waals surface area contributed by atoms with E-state index in [0.717, 1.165) is 21.8 Å². The molecular formula is C25H23N3O3S. The highest BCUT2D eigenvalue weighted by Gasteiger charge is 2.22. The van der Waals surface area contributed by atoms with Gasteiger partial charge >= 0.3 is 0 Å². The zero-order chi connectivity index (χ0) is 21.9. The molecule has 0 radical (unpaired) electrons. The number of amides is 1. The van der Waals surface area contributed by atoms with E-state index in [0.29, 0.717) is 36.8 Å². The van der Waals surface area contributed by atoms with E-state index in [4.69, 9.17) is 14.6 Å². The van der Waals surface area contributed by atoms with Crippen LogP contribution >= 0.6 is 11.3 Å². The molecule has 1 unspecified atom stereocenters. The Bertz CT molecular complexity index is 1220. The van der Waals surface area contributed by atoms with Crippen molar-refractivity contribution >= 4 is 17.2 Å². The molecule has 1 N–H and O–H groups in total. The van der Waals surface area contributed by atoms with E-state index in [1.165, 1.54) is 0 Å². The summed E-state index contributed by atoms with van der Waals surface area (Å²) in [6, 6.07) is 19.6. The topological polar surface area (TPSA) is 65.4 Å². The molecule has 1 aliphatic heterocycles. The van der Waals surface area contributed by atoms with Gasteiger partial charge in [-0.1, -0.05) is 42.5 Å². The molecule has 3 heterocycles. The van der Waals surface area contributed by atoms with Gasteiger partial charge in [-0.05, 0) is 41.6 Å². The van der Waals surface area contributed by atoms with Crippen LogP contribution in [-0.2, 0) is 6.54 Å². The Balaban J connectivity index is 1.39. The molecular weight excluding hydrogens is 422 g/mol. The summed E-state index contributed by atoms with van der Waals surface area (Å²) in [6.07, 6.45) is 1.83. The summed E-state index contributed by atoms with van der Waals surface area (Å²) in [6.45, 7) is 3.64. The molecule has 1 amide bonds. The number of nitrogens with one attached hydrogen (secondary N) is 1. The van der Waals surface area contributed by atoms with Crippen molar-refractivity contribution in [2.24, 2.45) is 0 Å². The summed E-state index contributed by atoms with van der Waals surface area (Å²) in [7, 11) is 0. The molecule has 0 spiro atoms. The lowest BCUT2D eigenvalue weighted by molar-refractivity contribution is 0.0940. The third-order valence-electron chi connectivity index (χ3n) is 5.36. The van der Waals surface area contributed by atoms with Gasteiger partial charge < -0.3 is 14.8 Å². The minimum Gasteiger partial charge on any atom is -0.486 e. The Kier molecular flexibility index (Phi) is 5.64. The maximum atomic E-state index is 13.3. The van der Waals surface area contributed by atoms with Crippen LogP contribution in [0.1, 0.15) is 34.5 Å². The van der Waals surface area contributed by atoms with Crippen molar-refractivity contribution in [3.8, 4) is 22.1 Å². The number of thiophene rings is 1. The van der Waals surface area contributed by atoms with Crippen LogP contribution in [0.3, 0.4) is 0 Å². The summed E-state index contributed by atoms with van der Waals surface area (Å²) < 4.78 is 13.1. The van der Waals surface area contributed by atoms with Gasteiger partial charge in [-0.25, -0.2) is 0 Å². The van der Waals surface area contributed by atoms with E-state index in [2.05, 4.69) is 17.4 Å². The van der Waals surface area contributed by atoms with Gasteiger partial charge in [0.25, 0.3) is 5.91 Å². The van der Waals surface area contributed by atoms with Gasteiger partial charge in [0.1, 0.15) is 18.9 Å². The van der Waals surface area contributed by atoms with Gasteiger partial charge in [-0.3, -0.25) is 9.48 Å². The average molecular weight is 446 g/mol. The molecule has 0 saturated heterocycles. The fraction of sp³-hybridized carbons (Fsp3) is 0.200.